The highest BCUT2D eigenvalue weighted by Crippen LogP contribution is 2.26. The molecule has 2 atom stereocenters. The number of hydrogen-bond donors (Lipinski definition) is 0. The maximum atomic E-state index is 12.0. The predicted molar refractivity (Wildman–Crippen MR) is 70.6 cm³/mol. The molecule has 0 amide bonds. The largest absolute Gasteiger partial charge is 0.381 e. The van der Waals surface area contributed by atoms with Crippen molar-refractivity contribution in [2.24, 2.45) is 5.92 Å². The van der Waals surface area contributed by atoms with Crippen LogP contribution < -0.4 is 0 Å². The van der Waals surface area contributed by atoms with Gasteiger partial charge >= 0.3 is 0 Å². The zero-order valence-electron chi connectivity index (χ0n) is 11.5. The molecular weight excluding hydrogens is 228 g/mol. The maximum absolute atomic E-state index is 12.0. The number of ether oxygens (including phenoxy) is 2. The van der Waals surface area contributed by atoms with Crippen LogP contribution in [0.2, 0.25) is 0 Å². The lowest BCUT2D eigenvalue weighted by Gasteiger charge is -2.28. The van der Waals surface area contributed by atoms with Gasteiger partial charge in [-0.3, -0.25) is 4.79 Å². The van der Waals surface area contributed by atoms with Crippen LogP contribution in [0.25, 0.3) is 0 Å². The Morgan fingerprint density at radius 1 is 1.00 bits per heavy atom. The van der Waals surface area contributed by atoms with Crippen molar-refractivity contribution in [3.63, 3.8) is 0 Å². The van der Waals surface area contributed by atoms with Gasteiger partial charge < -0.3 is 9.47 Å². The minimum Gasteiger partial charge on any atom is -0.381 e. The molecule has 0 radical (unpaired) electrons. The number of carbonyl (C=O) groups is 1. The summed E-state index contributed by atoms with van der Waals surface area (Å²) in [5.74, 6) is 0.606. The van der Waals surface area contributed by atoms with E-state index in [9.17, 15) is 4.79 Å². The summed E-state index contributed by atoms with van der Waals surface area (Å²) in [7, 11) is 1.76. The van der Waals surface area contributed by atoms with Crippen molar-refractivity contribution in [3.05, 3.63) is 0 Å². The van der Waals surface area contributed by atoms with Gasteiger partial charge in [0.2, 0.25) is 0 Å². The van der Waals surface area contributed by atoms with Crippen LogP contribution in [0.1, 0.15) is 57.8 Å². The van der Waals surface area contributed by atoms with Crippen LogP contribution >= 0.6 is 0 Å². The van der Waals surface area contributed by atoms with Gasteiger partial charge in [-0.1, -0.05) is 19.3 Å². The molecule has 2 aliphatic carbocycles. The van der Waals surface area contributed by atoms with Crippen LogP contribution in [0, 0.1) is 5.92 Å². The van der Waals surface area contributed by atoms with E-state index in [-0.39, 0.29) is 12.0 Å². The fraction of sp³-hybridized carbons (Fsp3) is 0.933. The van der Waals surface area contributed by atoms with Crippen LogP contribution in [0.4, 0.5) is 0 Å². The van der Waals surface area contributed by atoms with Gasteiger partial charge in [0.05, 0.1) is 12.2 Å². The SMILES string of the molecule is COC1CCCC(OCC(=O)C2CCCCC2)C1. The topological polar surface area (TPSA) is 35.5 Å². The van der Waals surface area contributed by atoms with Gasteiger partial charge in [-0.05, 0) is 38.5 Å². The molecule has 2 unspecified atom stereocenters. The normalized spacial score (nSPS) is 30.3. The Kier molecular flexibility index (Phi) is 5.64. The van der Waals surface area contributed by atoms with Gasteiger partial charge in [-0.2, -0.15) is 0 Å². The molecule has 0 N–H and O–H groups in total. The molecule has 3 nitrogen and oxygen atoms in total. The number of ketones is 1. The van der Waals surface area contributed by atoms with Gasteiger partial charge in [0.1, 0.15) is 6.61 Å². The number of Topliss-reactive ketones (excluding diaryl/α,β-unsaturated/α-hetero) is 1. The van der Waals surface area contributed by atoms with Crippen molar-refractivity contribution < 1.29 is 14.3 Å². The molecular formula is C15H26O3. The van der Waals surface area contributed by atoms with Crippen molar-refractivity contribution in [3.8, 4) is 0 Å². The summed E-state index contributed by atoms with van der Waals surface area (Å²) in [5, 5.41) is 0. The molecule has 2 rings (SSSR count). The van der Waals surface area contributed by atoms with Crippen molar-refractivity contribution >= 4 is 5.78 Å². The van der Waals surface area contributed by atoms with E-state index in [2.05, 4.69) is 0 Å². The highest BCUT2D eigenvalue weighted by molar-refractivity contribution is 5.82. The first kappa shape index (κ1) is 14.0. The van der Waals surface area contributed by atoms with Gasteiger partial charge in [-0.25, -0.2) is 0 Å². The molecule has 18 heavy (non-hydrogen) atoms. The summed E-state index contributed by atoms with van der Waals surface area (Å²) < 4.78 is 11.2. The van der Waals surface area contributed by atoms with E-state index in [1.165, 1.54) is 19.3 Å². The van der Waals surface area contributed by atoms with Crippen LogP contribution in [0.3, 0.4) is 0 Å². The van der Waals surface area contributed by atoms with E-state index in [4.69, 9.17) is 9.47 Å². The molecule has 0 aromatic carbocycles. The molecule has 2 fully saturated rings. The first-order valence-corrected chi connectivity index (χ1v) is 7.46. The molecule has 0 aromatic rings. The van der Waals surface area contributed by atoms with E-state index in [0.717, 1.165) is 38.5 Å². The standard InChI is InChI=1S/C15H26O3/c1-17-13-8-5-9-14(10-13)18-11-15(16)12-6-3-2-4-7-12/h12-14H,2-11H2,1H3. The second-order valence-electron chi connectivity index (χ2n) is 5.76. The number of carbonyl (C=O) groups excluding carboxylic acids is 1. The highest BCUT2D eigenvalue weighted by atomic mass is 16.5. The first-order valence-electron chi connectivity index (χ1n) is 7.46. The molecule has 0 heterocycles. The molecule has 0 saturated heterocycles. The average Bonchev–Trinajstić information content (AvgIpc) is 2.46. The van der Waals surface area contributed by atoms with Gasteiger partial charge in [0, 0.05) is 13.0 Å². The minimum atomic E-state index is 0.233. The summed E-state index contributed by atoms with van der Waals surface area (Å²) in [6.45, 7) is 0.325. The van der Waals surface area contributed by atoms with E-state index < -0.39 is 0 Å². The van der Waals surface area contributed by atoms with Crippen LogP contribution in [-0.4, -0.2) is 31.7 Å². The lowest BCUT2D eigenvalue weighted by molar-refractivity contribution is -0.132. The second kappa shape index (κ2) is 7.25. The monoisotopic (exact) mass is 254 g/mol. The van der Waals surface area contributed by atoms with E-state index in [0.29, 0.717) is 18.5 Å². The zero-order chi connectivity index (χ0) is 12.8. The van der Waals surface area contributed by atoms with Crippen molar-refractivity contribution in [1.29, 1.82) is 0 Å². The summed E-state index contributed by atoms with van der Waals surface area (Å²) in [6.07, 6.45) is 10.8. The number of hydrogen-bond acceptors (Lipinski definition) is 3. The minimum absolute atomic E-state index is 0.233. The molecule has 3 heteroatoms. The first-order chi connectivity index (χ1) is 8.79. The summed E-state index contributed by atoms with van der Waals surface area (Å²) >= 11 is 0. The summed E-state index contributed by atoms with van der Waals surface area (Å²) in [5.41, 5.74) is 0. The molecule has 104 valence electrons. The molecule has 0 spiro atoms. The van der Waals surface area contributed by atoms with E-state index >= 15 is 0 Å². The Morgan fingerprint density at radius 2 is 1.72 bits per heavy atom. The maximum Gasteiger partial charge on any atom is 0.161 e. The summed E-state index contributed by atoms with van der Waals surface area (Å²) in [6, 6.07) is 0. The smallest absolute Gasteiger partial charge is 0.161 e. The van der Waals surface area contributed by atoms with Crippen LogP contribution in [0.15, 0.2) is 0 Å². The lowest BCUT2D eigenvalue weighted by atomic mass is 9.86. The highest BCUT2D eigenvalue weighted by Gasteiger charge is 2.25. The summed E-state index contributed by atoms with van der Waals surface area (Å²) in [4.78, 5) is 12.0. The third-order valence-electron chi connectivity index (χ3n) is 4.43. The predicted octanol–water partition coefficient (Wildman–Crippen LogP) is 3.11. The van der Waals surface area contributed by atoms with Crippen LogP contribution in [0.5, 0.6) is 0 Å². The number of methoxy groups -OCH3 is 1. The molecule has 0 aliphatic heterocycles. The van der Waals surface area contributed by atoms with Crippen molar-refractivity contribution in [1.82, 2.24) is 0 Å². The lowest BCUT2D eigenvalue weighted by Crippen LogP contribution is -2.31. The molecule has 2 aliphatic rings. The number of rotatable bonds is 5. The Balaban J connectivity index is 1.68. The fourth-order valence-corrected chi connectivity index (χ4v) is 3.21. The molecule has 0 aromatic heterocycles. The van der Waals surface area contributed by atoms with Gasteiger partial charge in [-0.15, -0.1) is 0 Å². The Labute approximate surface area is 110 Å². The zero-order valence-corrected chi connectivity index (χ0v) is 11.5. The quantitative estimate of drug-likeness (QED) is 0.756. The molecule has 2 saturated carbocycles. The fourth-order valence-electron chi connectivity index (χ4n) is 3.21. The Bertz CT molecular complexity index is 258. The average molecular weight is 254 g/mol. The third kappa shape index (κ3) is 4.06. The molecule has 0 bridgehead atoms. The second-order valence-corrected chi connectivity index (χ2v) is 5.76. The van der Waals surface area contributed by atoms with Crippen molar-refractivity contribution in [2.75, 3.05) is 13.7 Å². The van der Waals surface area contributed by atoms with Gasteiger partial charge in [0.25, 0.3) is 0 Å². The Morgan fingerprint density at radius 3 is 2.44 bits per heavy atom. The van der Waals surface area contributed by atoms with Crippen LogP contribution in [-0.2, 0) is 14.3 Å². The van der Waals surface area contributed by atoms with E-state index in [1.807, 2.05) is 0 Å². The van der Waals surface area contributed by atoms with Crippen molar-refractivity contribution in [2.45, 2.75) is 70.0 Å². The van der Waals surface area contributed by atoms with Gasteiger partial charge in [0.15, 0.2) is 5.78 Å². The Hall–Kier alpha value is -0.410. The third-order valence-corrected chi connectivity index (χ3v) is 4.43. The van der Waals surface area contributed by atoms with E-state index in [1.54, 1.807) is 7.11 Å².